The van der Waals surface area contributed by atoms with Crippen molar-refractivity contribution in [3.05, 3.63) is 34.6 Å². The summed E-state index contributed by atoms with van der Waals surface area (Å²) >= 11 is 0. The van der Waals surface area contributed by atoms with Gasteiger partial charge in [0.25, 0.3) is 5.91 Å². The maximum Gasteiger partial charge on any atom is 0.344 e. The van der Waals surface area contributed by atoms with Crippen LogP contribution in [-0.4, -0.2) is 64.8 Å². The second-order valence-electron chi connectivity index (χ2n) is 6.82. The summed E-state index contributed by atoms with van der Waals surface area (Å²) in [6.07, 6.45) is 0. The summed E-state index contributed by atoms with van der Waals surface area (Å²) in [4.78, 5) is 49.9. The Morgan fingerprint density at radius 3 is 1.89 bits per heavy atom. The number of hydrogen-bond acceptors (Lipinski definition) is 10. The average molecular weight is 492 g/mol. The van der Waals surface area contributed by atoms with Crippen LogP contribution < -0.4 is 24.8 Å². The zero-order valence-corrected chi connectivity index (χ0v) is 20.4. The lowest BCUT2D eigenvalue weighted by Gasteiger charge is -2.14. The molecule has 190 valence electrons. The number of furan rings is 1. The molecule has 0 unspecified atom stereocenters. The van der Waals surface area contributed by atoms with Gasteiger partial charge in [-0.05, 0) is 32.9 Å². The fourth-order valence-electron chi connectivity index (χ4n) is 3.13. The van der Waals surface area contributed by atoms with Crippen LogP contribution in [0.4, 0.5) is 5.88 Å². The molecule has 0 saturated heterocycles. The molecule has 1 heterocycles. The van der Waals surface area contributed by atoms with Crippen molar-refractivity contribution in [2.24, 2.45) is 0 Å². The molecule has 0 atom stereocenters. The Balaban J connectivity index is 2.21. The summed E-state index contributed by atoms with van der Waals surface area (Å²) in [5.74, 6) is -2.40. The van der Waals surface area contributed by atoms with Crippen LogP contribution in [0.15, 0.2) is 16.5 Å². The highest BCUT2D eigenvalue weighted by molar-refractivity contribution is 6.09. The third-order valence-corrected chi connectivity index (χ3v) is 4.63. The van der Waals surface area contributed by atoms with Crippen molar-refractivity contribution < 1.29 is 47.3 Å². The highest BCUT2D eigenvalue weighted by Crippen LogP contribution is 2.38. The van der Waals surface area contributed by atoms with Crippen molar-refractivity contribution in [2.45, 2.75) is 20.8 Å². The van der Waals surface area contributed by atoms with Crippen LogP contribution in [0.5, 0.6) is 17.2 Å². The van der Waals surface area contributed by atoms with Crippen LogP contribution >= 0.6 is 0 Å². The minimum atomic E-state index is -0.871. The van der Waals surface area contributed by atoms with Gasteiger partial charge in [-0.15, -0.1) is 0 Å². The van der Waals surface area contributed by atoms with Gasteiger partial charge in [-0.3, -0.25) is 14.9 Å². The smallest absolute Gasteiger partial charge is 0.344 e. The monoisotopic (exact) mass is 492 g/mol. The van der Waals surface area contributed by atoms with E-state index in [1.165, 1.54) is 40.4 Å². The number of ether oxygens (including phenoxy) is 5. The molecule has 2 amide bonds. The van der Waals surface area contributed by atoms with Crippen molar-refractivity contribution in [1.82, 2.24) is 5.32 Å². The SMILES string of the molecule is CCOC(=O)c1c(C)oc(NC(=O)CNC(=O)c2cc(OC)c(OC)c(OC)c2)c1C(=O)OCC. The Morgan fingerprint density at radius 2 is 1.40 bits per heavy atom. The van der Waals surface area contributed by atoms with Gasteiger partial charge in [0.05, 0.1) is 41.1 Å². The standard InChI is InChI=1S/C23H28N2O10/c1-7-33-22(28)17-12(3)35-21(18(17)23(29)34-8-2)25-16(26)11-24-20(27)13-9-14(30-4)19(32-6)15(10-13)31-5/h9-10H,7-8,11H2,1-6H3,(H,24,27)(H,25,26). The van der Waals surface area contributed by atoms with Gasteiger partial charge >= 0.3 is 11.9 Å². The number of hydrogen-bond donors (Lipinski definition) is 2. The number of esters is 2. The number of carbonyl (C=O) groups excluding carboxylic acids is 4. The highest BCUT2D eigenvalue weighted by Gasteiger charge is 2.31. The number of carbonyl (C=O) groups is 4. The third kappa shape index (κ3) is 6.22. The van der Waals surface area contributed by atoms with Crippen molar-refractivity contribution in [2.75, 3.05) is 46.4 Å². The van der Waals surface area contributed by atoms with E-state index < -0.39 is 30.3 Å². The van der Waals surface area contributed by atoms with Crippen molar-refractivity contribution in [3.63, 3.8) is 0 Å². The zero-order chi connectivity index (χ0) is 26.1. The molecular formula is C23H28N2O10. The predicted molar refractivity (Wildman–Crippen MR) is 122 cm³/mol. The summed E-state index contributed by atoms with van der Waals surface area (Å²) in [7, 11) is 4.24. The van der Waals surface area contributed by atoms with Gasteiger partial charge in [0.2, 0.25) is 17.5 Å². The molecule has 35 heavy (non-hydrogen) atoms. The molecule has 2 N–H and O–H groups in total. The van der Waals surface area contributed by atoms with Crippen LogP contribution in [0.1, 0.15) is 50.7 Å². The summed E-state index contributed by atoms with van der Waals surface area (Å²) < 4.78 is 31.1. The fraction of sp³-hybridized carbons (Fsp3) is 0.391. The normalized spacial score (nSPS) is 10.2. The molecule has 0 fully saturated rings. The highest BCUT2D eigenvalue weighted by atomic mass is 16.5. The molecule has 12 heteroatoms. The first-order valence-electron chi connectivity index (χ1n) is 10.6. The first-order valence-corrected chi connectivity index (χ1v) is 10.6. The molecule has 0 aliphatic carbocycles. The number of aryl methyl sites for hydroxylation is 1. The fourth-order valence-corrected chi connectivity index (χ4v) is 3.13. The second-order valence-corrected chi connectivity index (χ2v) is 6.82. The van der Waals surface area contributed by atoms with Crippen molar-refractivity contribution in [1.29, 1.82) is 0 Å². The number of amides is 2. The van der Waals surface area contributed by atoms with Crippen LogP contribution in [0.25, 0.3) is 0 Å². The largest absolute Gasteiger partial charge is 0.493 e. The average Bonchev–Trinajstić information content (AvgIpc) is 3.17. The zero-order valence-electron chi connectivity index (χ0n) is 20.4. The molecule has 1 aromatic heterocycles. The van der Waals surface area contributed by atoms with E-state index in [-0.39, 0.29) is 53.0 Å². The summed E-state index contributed by atoms with van der Waals surface area (Å²) in [5, 5.41) is 4.82. The third-order valence-electron chi connectivity index (χ3n) is 4.63. The molecule has 0 aliphatic heterocycles. The lowest BCUT2D eigenvalue weighted by Crippen LogP contribution is -2.33. The van der Waals surface area contributed by atoms with Gasteiger partial charge < -0.3 is 33.4 Å². The van der Waals surface area contributed by atoms with E-state index in [2.05, 4.69) is 10.6 Å². The number of benzene rings is 1. The van der Waals surface area contributed by atoms with Crippen molar-refractivity contribution >= 4 is 29.6 Å². The van der Waals surface area contributed by atoms with E-state index in [9.17, 15) is 19.2 Å². The maximum absolute atomic E-state index is 12.6. The molecular weight excluding hydrogens is 464 g/mol. The first-order chi connectivity index (χ1) is 16.7. The molecule has 0 bridgehead atoms. The summed E-state index contributed by atoms with van der Waals surface area (Å²) in [6.45, 7) is 4.26. The second kappa shape index (κ2) is 12.3. The minimum Gasteiger partial charge on any atom is -0.493 e. The van der Waals surface area contributed by atoms with Gasteiger partial charge in [0.1, 0.15) is 16.9 Å². The Morgan fingerprint density at radius 1 is 0.857 bits per heavy atom. The van der Waals surface area contributed by atoms with Gasteiger partial charge in [-0.25, -0.2) is 9.59 Å². The van der Waals surface area contributed by atoms with E-state index in [1.807, 2.05) is 0 Å². The van der Waals surface area contributed by atoms with E-state index in [0.29, 0.717) is 5.75 Å². The van der Waals surface area contributed by atoms with Gasteiger partial charge in [-0.1, -0.05) is 0 Å². The number of methoxy groups -OCH3 is 3. The molecule has 1 aromatic carbocycles. The molecule has 0 saturated carbocycles. The van der Waals surface area contributed by atoms with Crippen molar-refractivity contribution in [3.8, 4) is 17.2 Å². The van der Waals surface area contributed by atoms with Crippen LogP contribution in [0, 0.1) is 6.92 Å². The first kappa shape index (κ1) is 27.0. The van der Waals surface area contributed by atoms with E-state index in [1.54, 1.807) is 13.8 Å². The van der Waals surface area contributed by atoms with Crippen LogP contribution in [0.2, 0.25) is 0 Å². The minimum absolute atomic E-state index is 0.0313. The van der Waals surface area contributed by atoms with Crippen LogP contribution in [0.3, 0.4) is 0 Å². The maximum atomic E-state index is 12.6. The predicted octanol–water partition coefficient (Wildman–Crippen LogP) is 2.34. The van der Waals surface area contributed by atoms with Crippen LogP contribution in [-0.2, 0) is 14.3 Å². The lowest BCUT2D eigenvalue weighted by atomic mass is 10.1. The Labute approximate surface area is 201 Å². The molecule has 0 aliphatic rings. The summed E-state index contributed by atoms with van der Waals surface area (Å²) in [6, 6.07) is 2.85. The number of rotatable bonds is 11. The molecule has 12 nitrogen and oxygen atoms in total. The topological polar surface area (TPSA) is 152 Å². The van der Waals surface area contributed by atoms with Gasteiger partial charge in [-0.2, -0.15) is 0 Å². The number of nitrogens with one attached hydrogen (secondary N) is 2. The van der Waals surface area contributed by atoms with E-state index in [0.717, 1.165) is 0 Å². The molecule has 0 radical (unpaired) electrons. The summed E-state index contributed by atoms with van der Waals surface area (Å²) in [5.41, 5.74) is -0.271. The van der Waals surface area contributed by atoms with Gasteiger partial charge in [0, 0.05) is 5.56 Å². The Bertz CT molecular complexity index is 1080. The Hall–Kier alpha value is -4.22. The quantitative estimate of drug-likeness (QED) is 0.447. The number of anilines is 1. The Kier molecular flexibility index (Phi) is 9.50. The molecule has 0 spiro atoms. The van der Waals surface area contributed by atoms with E-state index in [4.69, 9.17) is 28.1 Å². The van der Waals surface area contributed by atoms with E-state index >= 15 is 0 Å². The molecule has 2 aromatic rings. The lowest BCUT2D eigenvalue weighted by molar-refractivity contribution is -0.115. The van der Waals surface area contributed by atoms with Gasteiger partial charge in [0.15, 0.2) is 11.5 Å². The molecule has 2 rings (SSSR count).